The first-order valence-electron chi connectivity index (χ1n) is 5.94. The van der Waals surface area contributed by atoms with Gasteiger partial charge in [0.05, 0.1) is 13.3 Å². The van der Waals surface area contributed by atoms with Crippen LogP contribution in [0.3, 0.4) is 0 Å². The van der Waals surface area contributed by atoms with Gasteiger partial charge in [-0.05, 0) is 17.7 Å². The number of ether oxygens (including phenoxy) is 1. The summed E-state index contributed by atoms with van der Waals surface area (Å²) in [6.45, 7) is 0.114. The van der Waals surface area contributed by atoms with E-state index in [0.717, 1.165) is 5.56 Å². The Morgan fingerprint density at radius 3 is 2.90 bits per heavy atom. The molecule has 0 aliphatic heterocycles. The molecule has 1 aromatic carbocycles. The number of rotatable bonds is 3. The molecule has 0 fully saturated rings. The Hall–Kier alpha value is -2.90. The maximum atomic E-state index is 13.1. The molecule has 2 aromatic rings. The lowest BCUT2D eigenvalue weighted by Gasteiger charge is -2.08. The van der Waals surface area contributed by atoms with Crippen molar-refractivity contribution in [3.05, 3.63) is 62.7 Å². The van der Waals surface area contributed by atoms with Crippen molar-refractivity contribution in [1.29, 1.82) is 0 Å². The molecular weight excluding hydrogens is 281 g/mol. The number of H-pyrrole nitrogens is 1. The first kappa shape index (κ1) is 14.5. The second-order valence-corrected chi connectivity index (χ2v) is 4.12. The quantitative estimate of drug-likeness (QED) is 0.859. The molecule has 2 N–H and O–H groups in total. The normalized spacial score (nSPS) is 10.2. The van der Waals surface area contributed by atoms with Crippen LogP contribution >= 0.6 is 0 Å². The monoisotopic (exact) mass is 293 g/mol. The average molecular weight is 293 g/mol. The fourth-order valence-corrected chi connectivity index (χ4v) is 1.64. The van der Waals surface area contributed by atoms with Gasteiger partial charge >= 0.3 is 11.7 Å². The third-order valence-electron chi connectivity index (χ3n) is 2.70. The summed E-state index contributed by atoms with van der Waals surface area (Å²) in [5, 5.41) is 2.43. The Morgan fingerprint density at radius 2 is 2.19 bits per heavy atom. The van der Waals surface area contributed by atoms with Crippen molar-refractivity contribution in [3.8, 4) is 5.75 Å². The fourth-order valence-electron chi connectivity index (χ4n) is 1.64. The molecule has 1 amide bonds. The number of halogens is 1. The summed E-state index contributed by atoms with van der Waals surface area (Å²) < 4.78 is 18.6. The van der Waals surface area contributed by atoms with Crippen molar-refractivity contribution in [2.45, 2.75) is 6.54 Å². The van der Waals surface area contributed by atoms with Gasteiger partial charge in [-0.3, -0.25) is 9.78 Å². The second-order valence-electron chi connectivity index (χ2n) is 4.12. The summed E-state index contributed by atoms with van der Waals surface area (Å²) in [5.74, 6) is -0.597. The van der Waals surface area contributed by atoms with Gasteiger partial charge in [0.25, 0.3) is 5.56 Å². The van der Waals surface area contributed by atoms with E-state index in [0.29, 0.717) is 16.5 Å². The summed E-state index contributed by atoms with van der Waals surface area (Å²) in [6.07, 6.45) is 0.544. The zero-order chi connectivity index (χ0) is 15.4. The Kier molecular flexibility index (Phi) is 4.17. The van der Waals surface area contributed by atoms with Gasteiger partial charge in [0.1, 0.15) is 5.75 Å². The lowest BCUT2D eigenvalue weighted by atomic mass is 10.2. The van der Waals surface area contributed by atoms with E-state index >= 15 is 0 Å². The average Bonchev–Trinajstić information content (AvgIpc) is 2.48. The number of methoxy groups -OCH3 is 1. The molecule has 2 rings (SSSR count). The van der Waals surface area contributed by atoms with Crippen molar-refractivity contribution in [3.63, 3.8) is 0 Å². The third kappa shape index (κ3) is 3.35. The van der Waals surface area contributed by atoms with E-state index in [4.69, 9.17) is 4.74 Å². The maximum Gasteiger partial charge on any atom is 0.336 e. The van der Waals surface area contributed by atoms with Crippen LogP contribution < -0.4 is 21.3 Å². The smallest absolute Gasteiger partial charge is 0.336 e. The van der Waals surface area contributed by atoms with E-state index in [2.05, 4.69) is 5.32 Å². The number of nitrogens with one attached hydrogen (secondary N) is 2. The van der Waals surface area contributed by atoms with E-state index < -0.39 is 23.1 Å². The van der Waals surface area contributed by atoms with Crippen LogP contribution in [0.15, 0.2) is 40.1 Å². The largest absolute Gasteiger partial charge is 0.497 e. The summed E-state index contributed by atoms with van der Waals surface area (Å²) in [6, 6.07) is 6.09. The van der Waals surface area contributed by atoms with Gasteiger partial charge in [0, 0.05) is 6.54 Å². The Morgan fingerprint density at radius 1 is 1.43 bits per heavy atom. The van der Waals surface area contributed by atoms with Crippen LogP contribution in [-0.4, -0.2) is 22.7 Å². The molecule has 1 heterocycles. The maximum absolute atomic E-state index is 13.1. The first-order valence-corrected chi connectivity index (χ1v) is 5.94. The van der Waals surface area contributed by atoms with Gasteiger partial charge in [0.15, 0.2) is 0 Å². The first-order chi connectivity index (χ1) is 10.0. The van der Waals surface area contributed by atoms with Crippen molar-refractivity contribution in [1.82, 2.24) is 14.9 Å². The van der Waals surface area contributed by atoms with E-state index in [9.17, 15) is 18.8 Å². The summed E-state index contributed by atoms with van der Waals surface area (Å²) in [5.41, 5.74) is -1.44. The van der Waals surface area contributed by atoms with Crippen molar-refractivity contribution >= 4 is 6.03 Å². The van der Waals surface area contributed by atoms with Crippen molar-refractivity contribution < 1.29 is 13.9 Å². The van der Waals surface area contributed by atoms with Gasteiger partial charge in [-0.1, -0.05) is 12.1 Å². The SMILES string of the molecule is COc1cccc(CNC(=O)n2cc(F)c(=O)[nH]c2=O)c1. The molecule has 0 aliphatic carbocycles. The molecule has 8 heteroatoms. The highest BCUT2D eigenvalue weighted by Crippen LogP contribution is 2.12. The summed E-state index contributed by atoms with van der Waals surface area (Å²) in [4.78, 5) is 35.8. The number of aromatic amines is 1. The van der Waals surface area contributed by atoms with Gasteiger partial charge in [-0.25, -0.2) is 14.2 Å². The number of benzene rings is 1. The van der Waals surface area contributed by atoms with E-state index in [1.54, 1.807) is 29.2 Å². The van der Waals surface area contributed by atoms with E-state index in [1.165, 1.54) is 7.11 Å². The number of nitrogens with zero attached hydrogens (tertiary/aromatic N) is 1. The van der Waals surface area contributed by atoms with Crippen LogP contribution in [-0.2, 0) is 6.54 Å². The Bertz CT molecular complexity index is 781. The van der Waals surface area contributed by atoms with Crippen LogP contribution in [0.4, 0.5) is 9.18 Å². The minimum atomic E-state index is -1.22. The molecule has 21 heavy (non-hydrogen) atoms. The fraction of sp³-hybridized carbons (Fsp3) is 0.154. The molecule has 1 aromatic heterocycles. The molecule has 0 unspecified atom stereocenters. The highest BCUT2D eigenvalue weighted by atomic mass is 19.1. The molecule has 110 valence electrons. The Labute approximate surface area is 118 Å². The molecule has 0 radical (unpaired) electrons. The molecule has 7 nitrogen and oxygen atoms in total. The molecule has 0 atom stereocenters. The lowest BCUT2D eigenvalue weighted by molar-refractivity contribution is 0.240. The molecule has 0 spiro atoms. The number of carbonyl (C=O) groups is 1. The Balaban J connectivity index is 2.13. The number of aromatic nitrogens is 2. The minimum absolute atomic E-state index is 0.114. The van der Waals surface area contributed by atoms with Crippen LogP contribution in [0.5, 0.6) is 5.75 Å². The topological polar surface area (TPSA) is 93.2 Å². The van der Waals surface area contributed by atoms with Crippen LogP contribution in [0, 0.1) is 5.82 Å². The molecule has 0 bridgehead atoms. The second kappa shape index (κ2) is 6.04. The molecular formula is C13H12FN3O4. The molecule has 0 saturated heterocycles. The van der Waals surface area contributed by atoms with Gasteiger partial charge in [-0.2, -0.15) is 4.39 Å². The number of amides is 1. The zero-order valence-corrected chi connectivity index (χ0v) is 11.1. The number of carbonyl (C=O) groups excluding carboxylic acids is 1. The number of hydrogen-bond acceptors (Lipinski definition) is 4. The molecule has 0 aliphatic rings. The van der Waals surface area contributed by atoms with Gasteiger partial charge in [0.2, 0.25) is 5.82 Å². The predicted octanol–water partition coefficient (Wildman–Crippen LogP) is 0.442. The van der Waals surface area contributed by atoms with Gasteiger partial charge < -0.3 is 10.1 Å². The van der Waals surface area contributed by atoms with Crippen LogP contribution in [0.25, 0.3) is 0 Å². The standard InChI is InChI=1S/C13H12FN3O4/c1-21-9-4-2-3-8(5-9)6-15-12(19)17-7-10(14)11(18)16-13(17)20/h2-5,7H,6H2,1H3,(H,15,19)(H,16,18,20). The van der Waals surface area contributed by atoms with E-state index in [1.807, 2.05) is 0 Å². The van der Waals surface area contributed by atoms with E-state index in [-0.39, 0.29) is 6.54 Å². The van der Waals surface area contributed by atoms with Gasteiger partial charge in [-0.15, -0.1) is 0 Å². The van der Waals surface area contributed by atoms with Crippen molar-refractivity contribution in [2.24, 2.45) is 0 Å². The predicted molar refractivity (Wildman–Crippen MR) is 71.9 cm³/mol. The molecule has 0 saturated carbocycles. The van der Waals surface area contributed by atoms with Crippen LogP contribution in [0.1, 0.15) is 5.56 Å². The third-order valence-corrected chi connectivity index (χ3v) is 2.70. The number of hydrogen-bond donors (Lipinski definition) is 2. The zero-order valence-electron chi connectivity index (χ0n) is 11.1. The highest BCUT2D eigenvalue weighted by Gasteiger charge is 2.10. The minimum Gasteiger partial charge on any atom is -0.497 e. The summed E-state index contributed by atoms with van der Waals surface area (Å²) >= 11 is 0. The van der Waals surface area contributed by atoms with Crippen LogP contribution in [0.2, 0.25) is 0 Å². The van der Waals surface area contributed by atoms with Crippen molar-refractivity contribution in [2.75, 3.05) is 7.11 Å². The summed E-state index contributed by atoms with van der Waals surface area (Å²) in [7, 11) is 1.51. The highest BCUT2D eigenvalue weighted by molar-refractivity contribution is 5.76. The lowest BCUT2D eigenvalue weighted by Crippen LogP contribution is -2.40.